The number of carbonyl (C=O) groups excluding carboxylic acids is 1. The third kappa shape index (κ3) is 1.26. The maximum absolute atomic E-state index is 10.9. The predicted octanol–water partition coefficient (Wildman–Crippen LogP) is -0.541. The van der Waals surface area contributed by atoms with Crippen LogP contribution in [0.3, 0.4) is 0 Å². The highest BCUT2D eigenvalue weighted by Gasteiger charge is 2.44. The molecule has 3 unspecified atom stereocenters. The van der Waals surface area contributed by atoms with Crippen LogP contribution in [-0.4, -0.2) is 35.5 Å². The predicted molar refractivity (Wildman–Crippen MR) is 43.7 cm³/mol. The lowest BCUT2D eigenvalue weighted by Crippen LogP contribution is -2.20. The highest BCUT2D eigenvalue weighted by atomic mass is 16.5. The first-order valence-corrected chi connectivity index (χ1v) is 4.38. The van der Waals surface area contributed by atoms with Crippen molar-refractivity contribution in [3.05, 3.63) is 11.6 Å². The lowest BCUT2D eigenvalue weighted by Gasteiger charge is -2.15. The van der Waals surface area contributed by atoms with Gasteiger partial charge in [-0.3, -0.25) is 4.79 Å². The van der Waals surface area contributed by atoms with E-state index in [1.165, 1.54) is 0 Å². The number of esters is 1. The second-order valence-electron chi connectivity index (χ2n) is 3.51. The zero-order valence-electron chi connectivity index (χ0n) is 7.14. The summed E-state index contributed by atoms with van der Waals surface area (Å²) < 4.78 is 5.01. The van der Waals surface area contributed by atoms with E-state index in [4.69, 9.17) is 14.9 Å². The molecular weight excluding hydrogens is 172 g/mol. The maximum atomic E-state index is 10.9. The smallest absolute Gasteiger partial charge is 0.306 e. The zero-order valence-corrected chi connectivity index (χ0v) is 7.14. The van der Waals surface area contributed by atoms with Gasteiger partial charge in [-0.25, -0.2) is 0 Å². The minimum Gasteiger partial charge on any atom is -0.458 e. The molecule has 0 aromatic carbocycles. The Morgan fingerprint density at radius 3 is 2.92 bits per heavy atom. The maximum Gasteiger partial charge on any atom is 0.306 e. The van der Waals surface area contributed by atoms with Crippen molar-refractivity contribution in [2.75, 3.05) is 13.2 Å². The Kier molecular flexibility index (Phi) is 2.09. The summed E-state index contributed by atoms with van der Waals surface area (Å²) in [7, 11) is 0. The van der Waals surface area contributed by atoms with Crippen LogP contribution in [0.15, 0.2) is 11.6 Å². The van der Waals surface area contributed by atoms with E-state index in [0.717, 1.165) is 5.57 Å². The number of aliphatic hydroxyl groups excluding tert-OH is 2. The van der Waals surface area contributed by atoms with E-state index < -0.39 is 0 Å². The van der Waals surface area contributed by atoms with Crippen LogP contribution in [0.1, 0.15) is 6.42 Å². The summed E-state index contributed by atoms with van der Waals surface area (Å²) in [5.41, 5.74) is 0.796. The van der Waals surface area contributed by atoms with Gasteiger partial charge < -0.3 is 14.9 Å². The molecule has 0 saturated carbocycles. The fourth-order valence-electron chi connectivity index (χ4n) is 2.16. The molecule has 4 nitrogen and oxygen atoms in total. The lowest BCUT2D eigenvalue weighted by atomic mass is 9.90. The average molecular weight is 184 g/mol. The summed E-state index contributed by atoms with van der Waals surface area (Å²) >= 11 is 0. The fourth-order valence-corrected chi connectivity index (χ4v) is 2.16. The Labute approximate surface area is 75.8 Å². The van der Waals surface area contributed by atoms with Crippen molar-refractivity contribution >= 4 is 5.97 Å². The molecule has 1 saturated heterocycles. The van der Waals surface area contributed by atoms with E-state index >= 15 is 0 Å². The molecule has 1 fully saturated rings. The number of rotatable bonds is 2. The third-order valence-electron chi connectivity index (χ3n) is 2.84. The highest BCUT2D eigenvalue weighted by molar-refractivity contribution is 5.73. The van der Waals surface area contributed by atoms with Crippen molar-refractivity contribution < 1.29 is 19.7 Å². The molecule has 3 atom stereocenters. The molecule has 0 spiro atoms. The van der Waals surface area contributed by atoms with Gasteiger partial charge in [-0.2, -0.15) is 0 Å². The third-order valence-corrected chi connectivity index (χ3v) is 2.84. The van der Waals surface area contributed by atoms with Crippen LogP contribution < -0.4 is 0 Å². The van der Waals surface area contributed by atoms with Gasteiger partial charge in [0.15, 0.2) is 0 Å². The number of carbonyl (C=O) groups is 1. The van der Waals surface area contributed by atoms with Crippen molar-refractivity contribution in [2.45, 2.75) is 12.5 Å². The number of hydrogen-bond acceptors (Lipinski definition) is 4. The van der Waals surface area contributed by atoms with Gasteiger partial charge in [0.25, 0.3) is 0 Å². The molecule has 2 N–H and O–H groups in total. The Morgan fingerprint density at radius 2 is 2.31 bits per heavy atom. The summed E-state index contributed by atoms with van der Waals surface area (Å²) in [4.78, 5) is 10.9. The quantitative estimate of drug-likeness (QED) is 0.447. The highest BCUT2D eigenvalue weighted by Crippen LogP contribution is 2.39. The molecule has 13 heavy (non-hydrogen) atoms. The minimum atomic E-state index is -0.216. The Balaban J connectivity index is 2.19. The molecule has 0 aromatic rings. The number of fused-ring (bicyclic) bond motifs is 1. The van der Waals surface area contributed by atoms with E-state index in [9.17, 15) is 4.79 Å². The van der Waals surface area contributed by atoms with E-state index in [1.54, 1.807) is 6.08 Å². The van der Waals surface area contributed by atoms with Crippen molar-refractivity contribution in [3.8, 4) is 0 Å². The second-order valence-corrected chi connectivity index (χ2v) is 3.51. The molecule has 4 heteroatoms. The van der Waals surface area contributed by atoms with E-state index in [-0.39, 0.29) is 37.1 Å². The van der Waals surface area contributed by atoms with Crippen molar-refractivity contribution in [1.29, 1.82) is 0 Å². The SMILES string of the molecule is O=C1CC2C(C=C(CO)C2CO)O1. The van der Waals surface area contributed by atoms with Crippen LogP contribution in [0, 0.1) is 11.8 Å². The molecule has 2 aliphatic rings. The van der Waals surface area contributed by atoms with Crippen LogP contribution >= 0.6 is 0 Å². The molecule has 2 rings (SSSR count). The standard InChI is InChI=1S/C9H12O4/c10-3-5-1-8-6(7(5)4-11)2-9(12)13-8/h1,6-8,10-11H,2-4H2. The summed E-state index contributed by atoms with van der Waals surface area (Å²) in [5.74, 6) is -0.261. The number of aliphatic hydroxyl groups is 2. The van der Waals surface area contributed by atoms with E-state index in [1.807, 2.05) is 0 Å². The van der Waals surface area contributed by atoms with Crippen LogP contribution in [0.4, 0.5) is 0 Å². The second kappa shape index (κ2) is 3.12. The van der Waals surface area contributed by atoms with Gasteiger partial charge in [0.1, 0.15) is 6.10 Å². The first-order valence-electron chi connectivity index (χ1n) is 4.38. The Bertz CT molecular complexity index is 258. The molecule has 1 aliphatic heterocycles. The van der Waals surface area contributed by atoms with E-state index in [0.29, 0.717) is 6.42 Å². The minimum absolute atomic E-state index is 0.0236. The molecule has 72 valence electrons. The monoisotopic (exact) mass is 184 g/mol. The van der Waals surface area contributed by atoms with Crippen LogP contribution in [0.2, 0.25) is 0 Å². The summed E-state index contributed by atoms with van der Waals surface area (Å²) in [6.45, 7) is -0.0834. The molecule has 0 aromatic heterocycles. The average Bonchev–Trinajstić information content (AvgIpc) is 2.59. The van der Waals surface area contributed by atoms with Crippen LogP contribution in [0.25, 0.3) is 0 Å². The molecule has 0 bridgehead atoms. The Morgan fingerprint density at radius 1 is 1.54 bits per heavy atom. The summed E-state index contributed by atoms with van der Waals surface area (Å²) in [6, 6.07) is 0. The van der Waals surface area contributed by atoms with Crippen molar-refractivity contribution in [2.24, 2.45) is 11.8 Å². The van der Waals surface area contributed by atoms with Gasteiger partial charge in [-0.15, -0.1) is 0 Å². The normalized spacial score (nSPS) is 37.2. The van der Waals surface area contributed by atoms with Gasteiger partial charge in [-0.1, -0.05) is 0 Å². The van der Waals surface area contributed by atoms with Gasteiger partial charge in [0, 0.05) is 11.8 Å². The number of ether oxygens (including phenoxy) is 1. The van der Waals surface area contributed by atoms with Gasteiger partial charge >= 0.3 is 5.97 Å². The van der Waals surface area contributed by atoms with E-state index in [2.05, 4.69) is 0 Å². The zero-order chi connectivity index (χ0) is 9.42. The fraction of sp³-hybridized carbons (Fsp3) is 0.667. The van der Waals surface area contributed by atoms with Gasteiger partial charge in [-0.05, 0) is 11.6 Å². The first kappa shape index (κ1) is 8.72. The molecule has 1 heterocycles. The topological polar surface area (TPSA) is 66.8 Å². The van der Waals surface area contributed by atoms with Gasteiger partial charge in [0.05, 0.1) is 19.6 Å². The van der Waals surface area contributed by atoms with Crippen molar-refractivity contribution in [3.63, 3.8) is 0 Å². The van der Waals surface area contributed by atoms with Crippen molar-refractivity contribution in [1.82, 2.24) is 0 Å². The molecule has 1 aliphatic carbocycles. The largest absolute Gasteiger partial charge is 0.458 e. The van der Waals surface area contributed by atoms with Crippen LogP contribution in [0.5, 0.6) is 0 Å². The number of hydrogen-bond donors (Lipinski definition) is 2. The summed E-state index contributed by atoms with van der Waals surface area (Å²) in [6.07, 6.45) is 1.90. The molecule has 0 radical (unpaired) electrons. The lowest BCUT2D eigenvalue weighted by molar-refractivity contribution is -0.140. The molecule has 0 amide bonds. The van der Waals surface area contributed by atoms with Crippen LogP contribution in [-0.2, 0) is 9.53 Å². The van der Waals surface area contributed by atoms with Gasteiger partial charge in [0.2, 0.25) is 0 Å². The first-order chi connectivity index (χ1) is 6.26. The Hall–Kier alpha value is -0.870. The molecular formula is C9H12O4. The summed E-state index contributed by atoms with van der Waals surface area (Å²) in [5, 5.41) is 18.1.